The van der Waals surface area contributed by atoms with E-state index in [1.807, 2.05) is 44.2 Å². The van der Waals surface area contributed by atoms with Crippen LogP contribution in [-0.2, 0) is 16.1 Å². The van der Waals surface area contributed by atoms with E-state index < -0.39 is 17.7 Å². The molecular formula is C21H32N2O3. The topological polar surface area (TPSA) is 58.6 Å². The summed E-state index contributed by atoms with van der Waals surface area (Å²) in [4.78, 5) is 27.0. The van der Waals surface area contributed by atoms with Crippen molar-refractivity contribution in [3.8, 4) is 0 Å². The number of hydrogen-bond donors (Lipinski definition) is 1. The first kappa shape index (κ1) is 21.7. The Morgan fingerprint density at radius 1 is 1.23 bits per heavy atom. The summed E-state index contributed by atoms with van der Waals surface area (Å²) in [7, 11) is 0. The summed E-state index contributed by atoms with van der Waals surface area (Å²) in [5.74, 6) is 0.120. The average Bonchev–Trinajstić information content (AvgIpc) is 2.52. The van der Waals surface area contributed by atoms with Crippen LogP contribution in [0.3, 0.4) is 0 Å². The second-order valence-electron chi connectivity index (χ2n) is 7.82. The molecule has 0 aromatic heterocycles. The Labute approximate surface area is 157 Å². The highest BCUT2D eigenvalue weighted by Gasteiger charge is 2.28. The fraction of sp³-hybridized carbons (Fsp3) is 0.524. The van der Waals surface area contributed by atoms with Gasteiger partial charge in [0.25, 0.3) is 0 Å². The molecule has 0 bridgehead atoms. The van der Waals surface area contributed by atoms with E-state index in [0.29, 0.717) is 19.5 Å². The summed E-state index contributed by atoms with van der Waals surface area (Å²) >= 11 is 0. The van der Waals surface area contributed by atoms with Crippen LogP contribution in [0.15, 0.2) is 43.0 Å². The third-order valence-electron chi connectivity index (χ3n) is 3.57. The van der Waals surface area contributed by atoms with Gasteiger partial charge in [0.2, 0.25) is 5.91 Å². The molecule has 0 unspecified atom stereocenters. The van der Waals surface area contributed by atoms with E-state index >= 15 is 0 Å². The lowest BCUT2D eigenvalue weighted by Crippen LogP contribution is -2.50. The highest BCUT2D eigenvalue weighted by atomic mass is 16.6. The van der Waals surface area contributed by atoms with Crippen molar-refractivity contribution in [3.63, 3.8) is 0 Å². The van der Waals surface area contributed by atoms with Gasteiger partial charge in [-0.05, 0) is 38.7 Å². The van der Waals surface area contributed by atoms with Crippen molar-refractivity contribution >= 4 is 12.0 Å². The number of carbonyl (C=O) groups is 2. The van der Waals surface area contributed by atoms with Crippen LogP contribution in [0.2, 0.25) is 0 Å². The Kier molecular flexibility index (Phi) is 8.36. The van der Waals surface area contributed by atoms with Gasteiger partial charge < -0.3 is 15.0 Å². The third kappa shape index (κ3) is 8.19. The minimum atomic E-state index is -0.631. The van der Waals surface area contributed by atoms with Gasteiger partial charge in [-0.25, -0.2) is 4.79 Å². The summed E-state index contributed by atoms with van der Waals surface area (Å²) in [5, 5.41) is 2.74. The lowest BCUT2D eigenvalue weighted by Gasteiger charge is -2.29. The fourth-order valence-electron chi connectivity index (χ4n) is 2.56. The summed E-state index contributed by atoms with van der Waals surface area (Å²) in [5.41, 5.74) is 0.420. The number of benzene rings is 1. The highest BCUT2D eigenvalue weighted by molar-refractivity contribution is 5.85. The number of nitrogens with one attached hydrogen (secondary N) is 1. The standard InChI is InChI=1S/C21H32N2O3/c1-7-13-23(15-17-11-9-8-10-12-17)19(24)18(14-16(2)3)22-20(25)26-21(4,5)6/h7-12,16,18H,1,13-15H2,2-6H3,(H,22,25)/t18-/m0/s1. The maximum atomic E-state index is 13.1. The van der Waals surface area contributed by atoms with Crippen molar-refractivity contribution in [1.82, 2.24) is 10.2 Å². The fourth-order valence-corrected chi connectivity index (χ4v) is 2.56. The first-order chi connectivity index (χ1) is 12.1. The van der Waals surface area contributed by atoms with Gasteiger partial charge in [-0.15, -0.1) is 6.58 Å². The zero-order chi connectivity index (χ0) is 19.7. The Bertz CT molecular complexity index is 591. The van der Waals surface area contributed by atoms with Gasteiger partial charge in [0.05, 0.1) is 0 Å². The number of nitrogens with zero attached hydrogens (tertiary/aromatic N) is 1. The largest absolute Gasteiger partial charge is 0.444 e. The van der Waals surface area contributed by atoms with Crippen LogP contribution < -0.4 is 5.32 Å². The molecule has 1 aromatic carbocycles. The molecule has 26 heavy (non-hydrogen) atoms. The van der Waals surface area contributed by atoms with Crippen LogP contribution in [0.5, 0.6) is 0 Å². The number of alkyl carbamates (subject to hydrolysis) is 1. The van der Waals surface area contributed by atoms with Gasteiger partial charge in [0.15, 0.2) is 0 Å². The van der Waals surface area contributed by atoms with Crippen LogP contribution in [-0.4, -0.2) is 35.1 Å². The molecule has 5 heteroatoms. The number of hydrogen-bond acceptors (Lipinski definition) is 3. The van der Waals surface area contributed by atoms with Gasteiger partial charge >= 0.3 is 6.09 Å². The molecule has 1 aromatic rings. The molecule has 0 aliphatic carbocycles. The van der Waals surface area contributed by atoms with E-state index in [2.05, 4.69) is 11.9 Å². The quantitative estimate of drug-likeness (QED) is 0.709. The summed E-state index contributed by atoms with van der Waals surface area (Å²) in [6.07, 6.45) is 1.66. The first-order valence-corrected chi connectivity index (χ1v) is 9.05. The molecule has 0 fully saturated rings. The van der Waals surface area contributed by atoms with Gasteiger partial charge in [-0.2, -0.15) is 0 Å². The number of rotatable bonds is 8. The summed E-state index contributed by atoms with van der Waals surface area (Å²) in [6.45, 7) is 14.1. The van der Waals surface area contributed by atoms with E-state index in [4.69, 9.17) is 4.74 Å². The van der Waals surface area contributed by atoms with Crippen LogP contribution in [0.1, 0.15) is 46.6 Å². The molecule has 1 rings (SSSR count). The van der Waals surface area contributed by atoms with E-state index in [9.17, 15) is 9.59 Å². The normalized spacial score (nSPS) is 12.4. The molecule has 0 aliphatic heterocycles. The molecule has 144 valence electrons. The third-order valence-corrected chi connectivity index (χ3v) is 3.57. The SMILES string of the molecule is C=CCN(Cc1ccccc1)C(=O)[C@H](CC(C)C)NC(=O)OC(C)(C)C. The lowest BCUT2D eigenvalue weighted by atomic mass is 10.0. The minimum Gasteiger partial charge on any atom is -0.444 e. The summed E-state index contributed by atoms with van der Waals surface area (Å²) < 4.78 is 5.32. The van der Waals surface area contributed by atoms with E-state index in [1.54, 1.807) is 31.7 Å². The van der Waals surface area contributed by atoms with Crippen molar-refractivity contribution in [2.24, 2.45) is 5.92 Å². The lowest BCUT2D eigenvalue weighted by molar-refractivity contribution is -0.134. The molecule has 1 N–H and O–H groups in total. The number of amides is 2. The molecule has 0 spiro atoms. The molecular weight excluding hydrogens is 328 g/mol. The predicted molar refractivity (Wildman–Crippen MR) is 105 cm³/mol. The molecule has 1 atom stereocenters. The molecule has 0 aliphatic rings. The maximum Gasteiger partial charge on any atom is 0.408 e. The van der Waals surface area contributed by atoms with Gasteiger partial charge in [0, 0.05) is 13.1 Å². The van der Waals surface area contributed by atoms with Crippen molar-refractivity contribution in [1.29, 1.82) is 0 Å². The van der Waals surface area contributed by atoms with Crippen LogP contribution >= 0.6 is 0 Å². The van der Waals surface area contributed by atoms with Crippen molar-refractivity contribution < 1.29 is 14.3 Å². The Hall–Kier alpha value is -2.30. The molecule has 2 amide bonds. The zero-order valence-electron chi connectivity index (χ0n) is 16.6. The van der Waals surface area contributed by atoms with Gasteiger partial charge in [-0.3, -0.25) is 4.79 Å². The monoisotopic (exact) mass is 360 g/mol. The first-order valence-electron chi connectivity index (χ1n) is 9.05. The molecule has 0 saturated carbocycles. The van der Waals surface area contributed by atoms with E-state index in [1.165, 1.54) is 0 Å². The molecule has 0 saturated heterocycles. The molecule has 5 nitrogen and oxygen atoms in total. The Morgan fingerprint density at radius 2 is 1.85 bits per heavy atom. The minimum absolute atomic E-state index is 0.131. The second kappa shape index (κ2) is 10.00. The van der Waals surface area contributed by atoms with Gasteiger partial charge in [-0.1, -0.05) is 50.3 Å². The number of carbonyl (C=O) groups excluding carboxylic acids is 2. The highest BCUT2D eigenvalue weighted by Crippen LogP contribution is 2.13. The molecule has 0 radical (unpaired) electrons. The average molecular weight is 360 g/mol. The van der Waals surface area contributed by atoms with Crippen LogP contribution in [0.25, 0.3) is 0 Å². The van der Waals surface area contributed by atoms with Crippen molar-refractivity contribution in [3.05, 3.63) is 48.6 Å². The zero-order valence-corrected chi connectivity index (χ0v) is 16.6. The van der Waals surface area contributed by atoms with E-state index in [0.717, 1.165) is 5.56 Å². The smallest absolute Gasteiger partial charge is 0.408 e. The number of ether oxygens (including phenoxy) is 1. The predicted octanol–water partition coefficient (Wildman–Crippen LogP) is 4.14. The summed E-state index contributed by atoms with van der Waals surface area (Å²) in [6, 6.07) is 9.14. The molecule has 0 heterocycles. The van der Waals surface area contributed by atoms with Crippen molar-refractivity contribution in [2.45, 2.75) is 59.2 Å². The van der Waals surface area contributed by atoms with Crippen LogP contribution in [0.4, 0.5) is 4.79 Å². The Balaban J connectivity index is 2.91. The van der Waals surface area contributed by atoms with Crippen LogP contribution in [0, 0.1) is 5.92 Å². The van der Waals surface area contributed by atoms with Crippen molar-refractivity contribution in [2.75, 3.05) is 6.54 Å². The van der Waals surface area contributed by atoms with E-state index in [-0.39, 0.29) is 11.8 Å². The second-order valence-corrected chi connectivity index (χ2v) is 7.82. The van der Waals surface area contributed by atoms with Gasteiger partial charge in [0.1, 0.15) is 11.6 Å². The maximum absolute atomic E-state index is 13.1. The Morgan fingerprint density at radius 3 is 2.35 bits per heavy atom.